The molecule has 3 nitrogen and oxygen atoms in total. The molecular weight excluding hydrogens is 428 g/mol. The van der Waals surface area contributed by atoms with E-state index >= 15 is 0 Å². The number of rotatable bonds is 4. The molecule has 0 N–H and O–H groups in total. The Bertz CT molecular complexity index is 1740. The quantitative estimate of drug-likeness (QED) is 0.262. The highest BCUT2D eigenvalue weighted by molar-refractivity contribution is 6.17. The van der Waals surface area contributed by atoms with Crippen LogP contribution in [0.3, 0.4) is 0 Å². The lowest BCUT2D eigenvalue weighted by Crippen LogP contribution is -2.27. The summed E-state index contributed by atoms with van der Waals surface area (Å²) in [5.41, 5.74) is 5.85. The van der Waals surface area contributed by atoms with Gasteiger partial charge in [0, 0.05) is 21.6 Å². The molecule has 0 saturated heterocycles. The van der Waals surface area contributed by atoms with Crippen LogP contribution in [0.25, 0.3) is 38.8 Å². The van der Waals surface area contributed by atoms with Crippen LogP contribution >= 0.6 is 0 Å². The second-order valence-electron chi connectivity index (χ2n) is 9.56. The summed E-state index contributed by atoms with van der Waals surface area (Å²) in [6.45, 7) is 6.44. The third kappa shape index (κ3) is 3.04. The van der Waals surface area contributed by atoms with Crippen LogP contribution in [0.5, 0.6) is 0 Å². The maximum atomic E-state index is 14.0. The van der Waals surface area contributed by atoms with Crippen molar-refractivity contribution in [1.29, 1.82) is 0 Å². The Labute approximate surface area is 205 Å². The highest BCUT2D eigenvalue weighted by Crippen LogP contribution is 2.42. The molecule has 0 aliphatic heterocycles. The van der Waals surface area contributed by atoms with E-state index in [0.29, 0.717) is 0 Å². The molecule has 1 atom stereocenters. The fourth-order valence-corrected chi connectivity index (χ4v) is 5.67. The molecule has 5 aromatic rings. The summed E-state index contributed by atoms with van der Waals surface area (Å²) >= 11 is 0. The minimum absolute atomic E-state index is 0.00269. The fraction of sp³-hybridized carbons (Fsp3) is 0.188. The average Bonchev–Trinajstić information content (AvgIpc) is 3.30. The lowest BCUT2D eigenvalue weighted by molar-refractivity contribution is 0.558. The van der Waals surface area contributed by atoms with Crippen molar-refractivity contribution in [2.24, 2.45) is 0 Å². The minimum Gasteiger partial charge on any atom is -0.268 e. The van der Waals surface area contributed by atoms with Crippen LogP contribution in [0, 0.1) is 0 Å². The summed E-state index contributed by atoms with van der Waals surface area (Å²) in [7, 11) is 0. The van der Waals surface area contributed by atoms with Crippen molar-refractivity contribution in [3.8, 4) is 0 Å². The minimum atomic E-state index is -0.287. The molecule has 0 bridgehead atoms. The van der Waals surface area contributed by atoms with Crippen molar-refractivity contribution in [3.05, 3.63) is 118 Å². The lowest BCUT2D eigenvalue weighted by Gasteiger charge is -2.30. The maximum absolute atomic E-state index is 14.0. The highest BCUT2D eigenvalue weighted by atomic mass is 16.1. The summed E-state index contributed by atoms with van der Waals surface area (Å²) in [6.07, 6.45) is 12.6. The predicted molar refractivity (Wildman–Crippen MR) is 147 cm³/mol. The van der Waals surface area contributed by atoms with E-state index in [1.807, 2.05) is 22.6 Å². The van der Waals surface area contributed by atoms with Gasteiger partial charge >= 0.3 is 0 Å². The molecule has 0 saturated carbocycles. The molecule has 0 radical (unpaired) electrons. The Kier molecular flexibility index (Phi) is 4.96. The Morgan fingerprint density at radius 3 is 2.60 bits per heavy atom. The van der Waals surface area contributed by atoms with Crippen molar-refractivity contribution >= 4 is 38.8 Å². The largest absolute Gasteiger partial charge is 0.268 e. The first-order valence-corrected chi connectivity index (χ1v) is 12.4. The van der Waals surface area contributed by atoms with Crippen molar-refractivity contribution < 1.29 is 0 Å². The molecule has 1 unspecified atom stereocenters. The van der Waals surface area contributed by atoms with Crippen LogP contribution in [-0.4, -0.2) is 9.38 Å². The Morgan fingerprint density at radius 2 is 1.83 bits per heavy atom. The zero-order valence-corrected chi connectivity index (χ0v) is 20.4. The number of aromatic nitrogens is 2. The summed E-state index contributed by atoms with van der Waals surface area (Å²) in [4.78, 5) is 19.2. The number of hydrogen-bond donors (Lipinski definition) is 0. The van der Waals surface area contributed by atoms with E-state index in [4.69, 9.17) is 4.98 Å². The van der Waals surface area contributed by atoms with Crippen molar-refractivity contribution in [1.82, 2.24) is 9.38 Å². The van der Waals surface area contributed by atoms with E-state index < -0.39 is 0 Å². The van der Waals surface area contributed by atoms with Crippen molar-refractivity contribution in [2.75, 3.05) is 0 Å². The molecule has 2 aromatic heterocycles. The normalized spacial score (nSPS) is 18.3. The van der Waals surface area contributed by atoms with Gasteiger partial charge in [0.2, 0.25) is 0 Å². The molecule has 0 spiro atoms. The fourth-order valence-electron chi connectivity index (χ4n) is 5.67. The predicted octanol–water partition coefficient (Wildman–Crippen LogP) is 7.53. The molecule has 3 heteroatoms. The van der Waals surface area contributed by atoms with Crippen LogP contribution in [0.2, 0.25) is 0 Å². The number of imidazole rings is 1. The molecule has 1 aliphatic rings. The van der Waals surface area contributed by atoms with Gasteiger partial charge in [-0.2, -0.15) is 0 Å². The monoisotopic (exact) mass is 456 g/mol. The van der Waals surface area contributed by atoms with Gasteiger partial charge in [0.1, 0.15) is 5.65 Å². The first kappa shape index (κ1) is 21.5. The van der Waals surface area contributed by atoms with E-state index in [9.17, 15) is 4.79 Å². The van der Waals surface area contributed by atoms with Crippen molar-refractivity contribution in [3.63, 3.8) is 0 Å². The number of allylic oxidation sites excluding steroid dienone is 5. The smallest absolute Gasteiger partial charge is 0.264 e. The van der Waals surface area contributed by atoms with Crippen LogP contribution in [0.4, 0.5) is 0 Å². The third-order valence-electron chi connectivity index (χ3n) is 7.52. The number of pyridine rings is 1. The van der Waals surface area contributed by atoms with Gasteiger partial charge in [-0.25, -0.2) is 4.98 Å². The Hall–Kier alpha value is -3.98. The van der Waals surface area contributed by atoms with Crippen LogP contribution in [0.1, 0.15) is 56.1 Å². The molecule has 0 fully saturated rings. The molecule has 35 heavy (non-hydrogen) atoms. The molecule has 6 rings (SSSR count). The van der Waals surface area contributed by atoms with Gasteiger partial charge in [0.05, 0.1) is 11.4 Å². The zero-order chi connectivity index (χ0) is 24.2. The van der Waals surface area contributed by atoms with Gasteiger partial charge in [-0.15, -0.1) is 0 Å². The van der Waals surface area contributed by atoms with E-state index in [0.717, 1.165) is 62.6 Å². The van der Waals surface area contributed by atoms with Crippen LogP contribution < -0.4 is 5.56 Å². The van der Waals surface area contributed by atoms with E-state index in [2.05, 4.69) is 93.6 Å². The van der Waals surface area contributed by atoms with Gasteiger partial charge < -0.3 is 0 Å². The number of benzene rings is 3. The maximum Gasteiger partial charge on any atom is 0.264 e. The van der Waals surface area contributed by atoms with Crippen LogP contribution in [-0.2, 0) is 5.41 Å². The van der Waals surface area contributed by atoms with Gasteiger partial charge in [-0.1, -0.05) is 79.8 Å². The summed E-state index contributed by atoms with van der Waals surface area (Å²) in [5, 5.41) is 3.85. The number of hydrogen-bond acceptors (Lipinski definition) is 2. The first-order valence-electron chi connectivity index (χ1n) is 12.4. The molecule has 0 amide bonds. The van der Waals surface area contributed by atoms with Gasteiger partial charge in [-0.05, 0) is 67.0 Å². The van der Waals surface area contributed by atoms with Gasteiger partial charge in [0.25, 0.3) is 5.56 Å². The second kappa shape index (κ2) is 8.06. The zero-order valence-electron chi connectivity index (χ0n) is 20.4. The SMILES string of the molecule is C/C=C(\C=C/CC)c1ccc2c3c1cccc3c(=O)n1c3c(nc21)C(C)(c1ccccc1)CC=C3. The van der Waals surface area contributed by atoms with Gasteiger partial charge in [-0.3, -0.25) is 9.20 Å². The van der Waals surface area contributed by atoms with E-state index in [-0.39, 0.29) is 11.0 Å². The summed E-state index contributed by atoms with van der Waals surface area (Å²) in [5.74, 6) is 0. The third-order valence-corrected chi connectivity index (χ3v) is 7.52. The lowest BCUT2D eigenvalue weighted by atomic mass is 9.74. The molecule has 1 aliphatic carbocycles. The van der Waals surface area contributed by atoms with Crippen molar-refractivity contribution in [2.45, 2.75) is 39.0 Å². The summed E-state index contributed by atoms with van der Waals surface area (Å²) < 4.78 is 1.83. The molecule has 2 heterocycles. The first-order chi connectivity index (χ1) is 17.1. The topological polar surface area (TPSA) is 34.4 Å². The molecule has 3 aromatic carbocycles. The number of fused-ring (bicyclic) bond motifs is 4. The molecular formula is C32H28N2O. The standard InChI is InChI=1S/C32H28N2O/c1-4-6-12-21(5-2)23-18-19-25-28-24(23)15-10-16-26(28)31(35)34-27-17-11-20-32(3,29(27)33-30(25)34)22-13-8-7-9-14-22/h5-19H,4,20H2,1-3H3/b12-6-,21-5+. The molecule has 172 valence electrons. The van der Waals surface area contributed by atoms with E-state index in [1.165, 1.54) is 5.56 Å². The summed E-state index contributed by atoms with van der Waals surface area (Å²) in [6, 6.07) is 20.9. The van der Waals surface area contributed by atoms with E-state index in [1.54, 1.807) is 0 Å². The Balaban J connectivity index is 1.71. The van der Waals surface area contributed by atoms with Crippen LogP contribution in [0.15, 0.2) is 89.8 Å². The average molecular weight is 457 g/mol. The second-order valence-corrected chi connectivity index (χ2v) is 9.56. The number of nitrogens with zero attached hydrogens (tertiary/aromatic N) is 2. The Morgan fingerprint density at radius 1 is 1.03 bits per heavy atom. The highest BCUT2D eigenvalue weighted by Gasteiger charge is 2.36. The van der Waals surface area contributed by atoms with Gasteiger partial charge in [0.15, 0.2) is 0 Å².